The molecule has 0 saturated carbocycles. The van der Waals surface area contributed by atoms with Crippen molar-refractivity contribution in [2.45, 2.75) is 26.2 Å². The average molecular weight is 294 g/mol. The molecule has 1 rings (SSSR count). The largest absolute Gasteiger partial charge is 0.382 e. The summed E-state index contributed by atoms with van der Waals surface area (Å²) in [6.07, 6.45) is 3.95. The van der Waals surface area contributed by atoms with Gasteiger partial charge < -0.3 is 14.4 Å². The monoisotopic (exact) mass is 294 g/mol. The second-order valence-electron chi connectivity index (χ2n) is 4.81. The summed E-state index contributed by atoms with van der Waals surface area (Å²) in [6, 6.07) is 5.86. The molecule has 0 unspecified atom stereocenters. The van der Waals surface area contributed by atoms with Crippen LogP contribution in [0.4, 0.5) is 0 Å². The van der Waals surface area contributed by atoms with Crippen LogP contribution in [0.1, 0.15) is 25.5 Å². The van der Waals surface area contributed by atoms with Crippen molar-refractivity contribution in [3.63, 3.8) is 0 Å². The van der Waals surface area contributed by atoms with Crippen molar-refractivity contribution in [2.24, 2.45) is 0 Å². The molecule has 1 aromatic heterocycles. The van der Waals surface area contributed by atoms with E-state index in [1.54, 1.807) is 13.3 Å². The predicted molar refractivity (Wildman–Crippen MR) is 82.1 cm³/mol. The highest BCUT2D eigenvalue weighted by molar-refractivity contribution is 5.76. The van der Waals surface area contributed by atoms with Gasteiger partial charge in [-0.3, -0.25) is 9.78 Å². The fraction of sp³-hybridized carbons (Fsp3) is 0.625. The van der Waals surface area contributed by atoms with Gasteiger partial charge in [0, 0.05) is 38.5 Å². The Hall–Kier alpha value is -1.46. The lowest BCUT2D eigenvalue weighted by Crippen LogP contribution is -2.34. The van der Waals surface area contributed by atoms with Crippen LogP contribution < -0.4 is 0 Å². The molecule has 118 valence electrons. The van der Waals surface area contributed by atoms with E-state index >= 15 is 0 Å². The topological polar surface area (TPSA) is 51.7 Å². The van der Waals surface area contributed by atoms with Gasteiger partial charge >= 0.3 is 0 Å². The van der Waals surface area contributed by atoms with E-state index in [0.717, 1.165) is 25.1 Å². The van der Waals surface area contributed by atoms with Crippen LogP contribution in [0, 0.1) is 0 Å². The number of rotatable bonds is 11. The number of ether oxygens (including phenoxy) is 2. The number of pyridine rings is 1. The molecule has 0 bridgehead atoms. The summed E-state index contributed by atoms with van der Waals surface area (Å²) in [5.74, 6) is 0.144. The highest BCUT2D eigenvalue weighted by Gasteiger charge is 2.12. The van der Waals surface area contributed by atoms with Crippen molar-refractivity contribution in [1.82, 2.24) is 9.88 Å². The van der Waals surface area contributed by atoms with E-state index in [1.165, 1.54) is 0 Å². The number of carbonyl (C=O) groups excluding carboxylic acids is 1. The molecule has 0 aliphatic carbocycles. The average Bonchev–Trinajstić information content (AvgIpc) is 2.52. The second-order valence-corrected chi connectivity index (χ2v) is 4.81. The Morgan fingerprint density at radius 2 is 2.10 bits per heavy atom. The maximum absolute atomic E-state index is 12.2. The van der Waals surface area contributed by atoms with Gasteiger partial charge in [0.2, 0.25) is 5.91 Å². The van der Waals surface area contributed by atoms with E-state index in [1.807, 2.05) is 23.1 Å². The van der Waals surface area contributed by atoms with Crippen molar-refractivity contribution in [1.29, 1.82) is 0 Å². The van der Waals surface area contributed by atoms with E-state index in [9.17, 15) is 4.79 Å². The van der Waals surface area contributed by atoms with Crippen LogP contribution in [-0.4, -0.2) is 55.8 Å². The molecule has 0 saturated heterocycles. The fourth-order valence-corrected chi connectivity index (χ4v) is 1.99. The third-order valence-corrected chi connectivity index (χ3v) is 3.10. The summed E-state index contributed by atoms with van der Waals surface area (Å²) in [5, 5.41) is 0. The molecular weight excluding hydrogens is 268 g/mol. The second kappa shape index (κ2) is 11.2. The summed E-state index contributed by atoms with van der Waals surface area (Å²) in [7, 11) is 1.63. The summed E-state index contributed by atoms with van der Waals surface area (Å²) in [4.78, 5) is 18.4. The lowest BCUT2D eigenvalue weighted by atomic mass is 10.2. The van der Waals surface area contributed by atoms with E-state index in [4.69, 9.17) is 9.47 Å². The standard InChI is InChI=1S/C16H26N2O3/c1-3-10-18(11-7-15-6-4-5-9-17-15)16(19)8-12-21-14-13-20-2/h4-6,9H,3,7-8,10-14H2,1-2H3. The number of amides is 1. The third kappa shape index (κ3) is 7.78. The molecule has 5 heteroatoms. The van der Waals surface area contributed by atoms with Crippen LogP contribution in [-0.2, 0) is 20.7 Å². The summed E-state index contributed by atoms with van der Waals surface area (Å²) < 4.78 is 10.2. The molecule has 0 aliphatic rings. The van der Waals surface area contributed by atoms with Crippen LogP contribution in [0.15, 0.2) is 24.4 Å². The molecule has 1 aromatic rings. The molecule has 0 fully saturated rings. The maximum atomic E-state index is 12.2. The van der Waals surface area contributed by atoms with Gasteiger partial charge in [0.05, 0.1) is 26.2 Å². The maximum Gasteiger partial charge on any atom is 0.224 e. The fourth-order valence-electron chi connectivity index (χ4n) is 1.99. The normalized spacial score (nSPS) is 10.6. The van der Waals surface area contributed by atoms with Crippen molar-refractivity contribution in [2.75, 3.05) is 40.0 Å². The molecule has 0 aliphatic heterocycles. The van der Waals surface area contributed by atoms with E-state index in [0.29, 0.717) is 32.8 Å². The molecule has 0 atom stereocenters. The molecule has 0 N–H and O–H groups in total. The number of hydrogen-bond donors (Lipinski definition) is 0. The summed E-state index contributed by atoms with van der Waals surface area (Å²) >= 11 is 0. The summed E-state index contributed by atoms with van der Waals surface area (Å²) in [5.41, 5.74) is 1.02. The molecular formula is C16H26N2O3. The van der Waals surface area contributed by atoms with Crippen molar-refractivity contribution in [3.05, 3.63) is 30.1 Å². The van der Waals surface area contributed by atoms with Crippen LogP contribution in [0.25, 0.3) is 0 Å². The number of methoxy groups -OCH3 is 1. The van der Waals surface area contributed by atoms with Crippen LogP contribution >= 0.6 is 0 Å². The Balaban J connectivity index is 2.32. The number of aromatic nitrogens is 1. The van der Waals surface area contributed by atoms with Crippen molar-refractivity contribution < 1.29 is 14.3 Å². The molecule has 21 heavy (non-hydrogen) atoms. The number of carbonyl (C=O) groups is 1. The molecule has 1 amide bonds. The molecule has 0 aromatic carbocycles. The lowest BCUT2D eigenvalue weighted by Gasteiger charge is -2.22. The Kier molecular flexibility index (Phi) is 9.40. The minimum Gasteiger partial charge on any atom is -0.382 e. The van der Waals surface area contributed by atoms with Gasteiger partial charge in [-0.1, -0.05) is 13.0 Å². The quantitative estimate of drug-likeness (QED) is 0.585. The predicted octanol–water partition coefficient (Wildman–Crippen LogP) is 1.92. The summed E-state index contributed by atoms with van der Waals surface area (Å²) in [6.45, 7) is 5.12. The van der Waals surface area contributed by atoms with Crippen LogP contribution in [0.5, 0.6) is 0 Å². The van der Waals surface area contributed by atoms with Gasteiger partial charge in [0.15, 0.2) is 0 Å². The Labute approximate surface area is 127 Å². The van der Waals surface area contributed by atoms with Gasteiger partial charge in [0.1, 0.15) is 0 Å². The minimum absolute atomic E-state index is 0.144. The molecule has 5 nitrogen and oxygen atoms in total. The zero-order chi connectivity index (χ0) is 15.3. The first-order valence-electron chi connectivity index (χ1n) is 7.52. The first kappa shape index (κ1) is 17.6. The Morgan fingerprint density at radius 1 is 1.24 bits per heavy atom. The van der Waals surface area contributed by atoms with Gasteiger partial charge in [0.25, 0.3) is 0 Å². The Morgan fingerprint density at radius 3 is 2.76 bits per heavy atom. The van der Waals surface area contributed by atoms with E-state index < -0.39 is 0 Å². The SMILES string of the molecule is CCCN(CCc1ccccn1)C(=O)CCOCCOC. The molecule has 0 radical (unpaired) electrons. The third-order valence-electron chi connectivity index (χ3n) is 3.10. The van der Waals surface area contributed by atoms with Crippen molar-refractivity contribution >= 4 is 5.91 Å². The van der Waals surface area contributed by atoms with Gasteiger partial charge in [-0.25, -0.2) is 0 Å². The molecule has 0 spiro atoms. The van der Waals surface area contributed by atoms with Gasteiger partial charge in [-0.15, -0.1) is 0 Å². The lowest BCUT2D eigenvalue weighted by molar-refractivity contribution is -0.132. The Bertz CT molecular complexity index is 384. The number of hydrogen-bond acceptors (Lipinski definition) is 4. The van der Waals surface area contributed by atoms with Crippen molar-refractivity contribution in [3.8, 4) is 0 Å². The minimum atomic E-state index is 0.144. The highest BCUT2D eigenvalue weighted by atomic mass is 16.5. The highest BCUT2D eigenvalue weighted by Crippen LogP contribution is 2.02. The van der Waals surface area contributed by atoms with Gasteiger partial charge in [-0.2, -0.15) is 0 Å². The molecule has 1 heterocycles. The van der Waals surface area contributed by atoms with E-state index in [2.05, 4.69) is 11.9 Å². The van der Waals surface area contributed by atoms with Crippen LogP contribution in [0.3, 0.4) is 0 Å². The first-order chi connectivity index (χ1) is 10.3. The van der Waals surface area contributed by atoms with Crippen LogP contribution in [0.2, 0.25) is 0 Å². The zero-order valence-electron chi connectivity index (χ0n) is 13.1. The zero-order valence-corrected chi connectivity index (χ0v) is 13.1. The van der Waals surface area contributed by atoms with Gasteiger partial charge in [-0.05, 0) is 18.6 Å². The smallest absolute Gasteiger partial charge is 0.224 e. The van der Waals surface area contributed by atoms with E-state index in [-0.39, 0.29) is 5.91 Å². The number of nitrogens with zero attached hydrogens (tertiary/aromatic N) is 2. The first-order valence-corrected chi connectivity index (χ1v) is 7.52.